The van der Waals surface area contributed by atoms with Crippen molar-refractivity contribution < 1.29 is 9.21 Å². The number of aromatic nitrogens is 2. The van der Waals surface area contributed by atoms with E-state index in [1.54, 1.807) is 0 Å². The number of amides is 1. The molecule has 2 aromatic heterocycles. The van der Waals surface area contributed by atoms with E-state index in [1.807, 2.05) is 30.0 Å². The van der Waals surface area contributed by atoms with Crippen molar-refractivity contribution >= 4 is 28.5 Å². The molecular formula is C21H22N4O2. The number of hydrogen-bond acceptors (Lipinski definition) is 5. The van der Waals surface area contributed by atoms with Gasteiger partial charge in [-0.2, -0.15) is 0 Å². The number of benzene rings is 1. The third-order valence-electron chi connectivity index (χ3n) is 5.65. The summed E-state index contributed by atoms with van der Waals surface area (Å²) in [4.78, 5) is 26.5. The molecule has 1 fully saturated rings. The molecule has 0 unspecified atom stereocenters. The Balaban J connectivity index is 1.63. The second-order valence-electron chi connectivity index (χ2n) is 7.29. The number of aryl methyl sites for hydroxylation is 1. The van der Waals surface area contributed by atoms with E-state index in [1.165, 1.54) is 18.3 Å². The molecule has 2 aliphatic heterocycles. The average molecular weight is 362 g/mol. The van der Waals surface area contributed by atoms with Gasteiger partial charge >= 0.3 is 0 Å². The highest BCUT2D eigenvalue weighted by Gasteiger charge is 2.32. The highest BCUT2D eigenvalue weighted by atomic mass is 16.3. The second kappa shape index (κ2) is 6.37. The summed E-state index contributed by atoms with van der Waals surface area (Å²) in [5.41, 5.74) is 3.30. The van der Waals surface area contributed by atoms with Crippen LogP contribution < -0.4 is 9.80 Å². The minimum atomic E-state index is -0.0238. The van der Waals surface area contributed by atoms with E-state index in [2.05, 4.69) is 20.9 Å². The summed E-state index contributed by atoms with van der Waals surface area (Å²) < 4.78 is 5.87. The van der Waals surface area contributed by atoms with Gasteiger partial charge in [0.05, 0.1) is 10.9 Å². The molecule has 0 radical (unpaired) electrons. The van der Waals surface area contributed by atoms with E-state index in [9.17, 15) is 4.79 Å². The number of piperidine rings is 1. The molecule has 0 bridgehead atoms. The van der Waals surface area contributed by atoms with Crippen LogP contribution >= 0.6 is 0 Å². The third-order valence-corrected chi connectivity index (χ3v) is 5.65. The van der Waals surface area contributed by atoms with Crippen LogP contribution in [0.5, 0.6) is 0 Å². The van der Waals surface area contributed by atoms with Gasteiger partial charge in [-0.25, -0.2) is 9.97 Å². The normalized spacial score (nSPS) is 16.8. The number of nitrogens with zero attached hydrogens (tertiary/aromatic N) is 4. The van der Waals surface area contributed by atoms with Gasteiger partial charge in [0.15, 0.2) is 0 Å². The van der Waals surface area contributed by atoms with Gasteiger partial charge in [-0.1, -0.05) is 18.2 Å². The van der Waals surface area contributed by atoms with Crippen molar-refractivity contribution in [3.05, 3.63) is 47.5 Å². The molecule has 0 spiro atoms. The Hall–Kier alpha value is -2.89. The topological polar surface area (TPSA) is 62.5 Å². The zero-order valence-corrected chi connectivity index (χ0v) is 15.4. The molecule has 1 saturated heterocycles. The predicted molar refractivity (Wildman–Crippen MR) is 104 cm³/mol. The van der Waals surface area contributed by atoms with Crippen molar-refractivity contribution in [2.45, 2.75) is 32.6 Å². The summed E-state index contributed by atoms with van der Waals surface area (Å²) >= 11 is 0. The Bertz CT molecular complexity index is 1020. The van der Waals surface area contributed by atoms with Crippen LogP contribution in [0.15, 0.2) is 35.0 Å². The summed E-state index contributed by atoms with van der Waals surface area (Å²) in [5.74, 6) is 1.41. The van der Waals surface area contributed by atoms with Gasteiger partial charge in [0.1, 0.15) is 17.9 Å². The fourth-order valence-electron chi connectivity index (χ4n) is 4.32. The maximum Gasteiger partial charge on any atom is 0.262 e. The van der Waals surface area contributed by atoms with Crippen molar-refractivity contribution in [1.82, 2.24) is 9.97 Å². The van der Waals surface area contributed by atoms with Gasteiger partial charge in [0.2, 0.25) is 5.71 Å². The molecule has 0 atom stereocenters. The Morgan fingerprint density at radius 3 is 2.74 bits per heavy atom. The first-order valence-electron chi connectivity index (χ1n) is 9.63. The Labute approximate surface area is 157 Å². The number of hydrogen-bond donors (Lipinski definition) is 0. The molecule has 27 heavy (non-hydrogen) atoms. The van der Waals surface area contributed by atoms with Crippen LogP contribution in [-0.2, 0) is 6.42 Å². The Morgan fingerprint density at radius 2 is 1.89 bits per heavy atom. The molecule has 2 aliphatic rings. The SMILES string of the molecule is Cc1oc2ncnc(N3CCCCC3)c2c1C(=O)N1CCc2ccccc21. The summed E-state index contributed by atoms with van der Waals surface area (Å²) in [6, 6.07) is 8.10. The fraction of sp³-hybridized carbons (Fsp3) is 0.381. The lowest BCUT2D eigenvalue weighted by Gasteiger charge is -2.28. The average Bonchev–Trinajstić information content (AvgIpc) is 3.28. The van der Waals surface area contributed by atoms with E-state index in [0.29, 0.717) is 23.6 Å². The van der Waals surface area contributed by atoms with Gasteiger partial charge < -0.3 is 14.2 Å². The standard InChI is InChI=1S/C21H22N4O2/c1-14-17(21(26)25-12-9-15-7-3-4-8-16(15)25)18-19(22-13-23-20(18)27-14)24-10-5-2-6-11-24/h3-4,7-8,13H,2,5-6,9-12H2,1H3. The van der Waals surface area contributed by atoms with E-state index in [0.717, 1.165) is 49.2 Å². The number of fused-ring (bicyclic) bond motifs is 2. The molecule has 1 amide bonds. The molecule has 6 heteroatoms. The third kappa shape index (κ3) is 2.59. The van der Waals surface area contributed by atoms with Gasteiger partial charge in [0.25, 0.3) is 5.91 Å². The van der Waals surface area contributed by atoms with Crippen LogP contribution in [-0.4, -0.2) is 35.5 Å². The van der Waals surface area contributed by atoms with Gasteiger partial charge in [0, 0.05) is 25.3 Å². The van der Waals surface area contributed by atoms with Crippen molar-refractivity contribution in [3.8, 4) is 0 Å². The van der Waals surface area contributed by atoms with Crippen LogP contribution in [0, 0.1) is 6.92 Å². The van der Waals surface area contributed by atoms with Gasteiger partial charge in [-0.3, -0.25) is 4.79 Å². The minimum Gasteiger partial charge on any atom is -0.442 e. The quantitative estimate of drug-likeness (QED) is 0.695. The molecule has 0 saturated carbocycles. The maximum absolute atomic E-state index is 13.5. The van der Waals surface area contributed by atoms with Crippen LogP contribution in [0.3, 0.4) is 0 Å². The van der Waals surface area contributed by atoms with E-state index in [-0.39, 0.29) is 5.91 Å². The number of anilines is 2. The highest BCUT2D eigenvalue weighted by Crippen LogP contribution is 2.36. The lowest BCUT2D eigenvalue weighted by atomic mass is 10.1. The smallest absolute Gasteiger partial charge is 0.262 e. The molecule has 0 N–H and O–H groups in total. The highest BCUT2D eigenvalue weighted by molar-refractivity contribution is 6.17. The molecular weight excluding hydrogens is 340 g/mol. The largest absolute Gasteiger partial charge is 0.442 e. The molecule has 3 aromatic rings. The van der Waals surface area contributed by atoms with Crippen LogP contribution in [0.2, 0.25) is 0 Å². The maximum atomic E-state index is 13.5. The monoisotopic (exact) mass is 362 g/mol. The molecule has 0 aliphatic carbocycles. The summed E-state index contributed by atoms with van der Waals surface area (Å²) in [5, 5.41) is 0.756. The lowest BCUT2D eigenvalue weighted by molar-refractivity contribution is 0.0989. The van der Waals surface area contributed by atoms with E-state index >= 15 is 0 Å². The number of carbonyl (C=O) groups excluding carboxylic acids is 1. The number of carbonyl (C=O) groups is 1. The van der Waals surface area contributed by atoms with E-state index < -0.39 is 0 Å². The Kier molecular flexibility index (Phi) is 3.85. The van der Waals surface area contributed by atoms with Gasteiger partial charge in [-0.15, -0.1) is 0 Å². The molecule has 138 valence electrons. The number of rotatable bonds is 2. The van der Waals surface area contributed by atoms with Crippen LogP contribution in [0.4, 0.5) is 11.5 Å². The number of furan rings is 1. The first-order chi connectivity index (χ1) is 13.2. The first-order valence-corrected chi connectivity index (χ1v) is 9.63. The first kappa shape index (κ1) is 16.3. The molecule has 6 nitrogen and oxygen atoms in total. The second-order valence-corrected chi connectivity index (χ2v) is 7.29. The molecule has 5 rings (SSSR count). The predicted octanol–water partition coefficient (Wildman–Crippen LogP) is 3.72. The van der Waals surface area contributed by atoms with Crippen molar-refractivity contribution in [2.24, 2.45) is 0 Å². The van der Waals surface area contributed by atoms with Crippen molar-refractivity contribution in [1.29, 1.82) is 0 Å². The van der Waals surface area contributed by atoms with E-state index in [4.69, 9.17) is 4.42 Å². The summed E-state index contributed by atoms with van der Waals surface area (Å²) in [6.45, 7) is 4.45. The lowest BCUT2D eigenvalue weighted by Crippen LogP contribution is -2.32. The Morgan fingerprint density at radius 1 is 1.07 bits per heavy atom. The summed E-state index contributed by atoms with van der Waals surface area (Å²) in [6.07, 6.45) is 5.95. The zero-order valence-electron chi connectivity index (χ0n) is 15.4. The van der Waals surface area contributed by atoms with Gasteiger partial charge in [-0.05, 0) is 44.2 Å². The number of para-hydroxylation sites is 1. The minimum absolute atomic E-state index is 0.0238. The zero-order chi connectivity index (χ0) is 18.4. The molecule has 1 aromatic carbocycles. The molecule has 4 heterocycles. The van der Waals surface area contributed by atoms with Crippen LogP contribution in [0.25, 0.3) is 11.1 Å². The fourth-order valence-corrected chi connectivity index (χ4v) is 4.32. The van der Waals surface area contributed by atoms with Crippen LogP contribution in [0.1, 0.15) is 40.9 Å². The summed E-state index contributed by atoms with van der Waals surface area (Å²) in [7, 11) is 0. The van der Waals surface area contributed by atoms with Crippen molar-refractivity contribution in [3.63, 3.8) is 0 Å². The van der Waals surface area contributed by atoms with Crippen molar-refractivity contribution in [2.75, 3.05) is 29.4 Å².